The van der Waals surface area contributed by atoms with Crippen molar-refractivity contribution in [2.45, 2.75) is 12.8 Å². The molecule has 2 aromatic rings. The summed E-state index contributed by atoms with van der Waals surface area (Å²) in [7, 11) is 1.60. The quantitative estimate of drug-likeness (QED) is 0.394. The molecule has 0 spiro atoms. The number of anilines is 1. The first-order valence-corrected chi connectivity index (χ1v) is 10.2. The highest BCUT2D eigenvalue weighted by atomic mass is 32.2. The molecule has 2 N–H and O–H groups in total. The van der Waals surface area contributed by atoms with Crippen LogP contribution in [0.3, 0.4) is 0 Å². The van der Waals surface area contributed by atoms with E-state index in [2.05, 4.69) is 5.32 Å². The van der Waals surface area contributed by atoms with Gasteiger partial charge >= 0.3 is 0 Å². The number of para-hydroxylation sites is 2. The van der Waals surface area contributed by atoms with Crippen molar-refractivity contribution in [3.05, 3.63) is 59.0 Å². The van der Waals surface area contributed by atoms with Crippen LogP contribution in [0.15, 0.2) is 53.4 Å². The Hall–Kier alpha value is -2.84. The maximum atomic E-state index is 12.6. The number of aromatic hydroxyl groups is 1. The Morgan fingerprint density at radius 3 is 2.66 bits per heavy atom. The van der Waals surface area contributed by atoms with Gasteiger partial charge in [0, 0.05) is 13.0 Å². The number of thiocarbonyl (C=S) groups is 1. The van der Waals surface area contributed by atoms with Gasteiger partial charge in [-0.1, -0.05) is 48.2 Å². The second-order valence-corrected chi connectivity index (χ2v) is 7.95. The van der Waals surface area contributed by atoms with Crippen LogP contribution in [0, 0.1) is 0 Å². The summed E-state index contributed by atoms with van der Waals surface area (Å²) in [5, 5.41) is 12.4. The van der Waals surface area contributed by atoms with E-state index in [9.17, 15) is 14.7 Å². The maximum Gasteiger partial charge on any atom is 0.266 e. The number of carbonyl (C=O) groups excluding carboxylic acids is 2. The molecule has 0 aliphatic carbocycles. The molecule has 150 valence electrons. The lowest BCUT2D eigenvalue weighted by atomic mass is 10.2. The highest BCUT2D eigenvalue weighted by molar-refractivity contribution is 8.26. The number of hydrogen-bond acceptors (Lipinski definition) is 6. The first kappa shape index (κ1) is 20.9. The fourth-order valence-corrected chi connectivity index (χ4v) is 4.04. The Morgan fingerprint density at radius 2 is 1.97 bits per heavy atom. The largest absolute Gasteiger partial charge is 0.506 e. The molecule has 1 heterocycles. The molecular weight excluding hydrogens is 408 g/mol. The van der Waals surface area contributed by atoms with E-state index in [1.54, 1.807) is 31.4 Å². The molecule has 0 bridgehead atoms. The number of benzene rings is 2. The van der Waals surface area contributed by atoms with Crippen molar-refractivity contribution >= 4 is 51.9 Å². The van der Waals surface area contributed by atoms with E-state index >= 15 is 0 Å². The molecular formula is C21H20N2O4S2. The van der Waals surface area contributed by atoms with Crippen LogP contribution in [0.25, 0.3) is 6.08 Å². The van der Waals surface area contributed by atoms with Crippen molar-refractivity contribution < 1.29 is 19.4 Å². The highest BCUT2D eigenvalue weighted by Crippen LogP contribution is 2.33. The van der Waals surface area contributed by atoms with Gasteiger partial charge in [-0.05, 0) is 42.3 Å². The first-order valence-electron chi connectivity index (χ1n) is 8.95. The van der Waals surface area contributed by atoms with E-state index in [-0.39, 0.29) is 24.0 Å². The predicted molar refractivity (Wildman–Crippen MR) is 119 cm³/mol. The summed E-state index contributed by atoms with van der Waals surface area (Å²) in [5.41, 5.74) is 1.25. The zero-order valence-electron chi connectivity index (χ0n) is 15.8. The second kappa shape index (κ2) is 9.58. The van der Waals surface area contributed by atoms with Crippen LogP contribution in [0.4, 0.5) is 5.69 Å². The summed E-state index contributed by atoms with van der Waals surface area (Å²) in [6.07, 6.45) is 2.47. The molecule has 2 amide bonds. The molecule has 6 nitrogen and oxygen atoms in total. The first-order chi connectivity index (χ1) is 14.0. The summed E-state index contributed by atoms with van der Waals surface area (Å²) in [6, 6.07) is 13.9. The van der Waals surface area contributed by atoms with Gasteiger partial charge in [0.25, 0.3) is 5.91 Å². The third kappa shape index (κ3) is 5.36. The summed E-state index contributed by atoms with van der Waals surface area (Å²) >= 11 is 6.58. The van der Waals surface area contributed by atoms with Crippen LogP contribution in [0.1, 0.15) is 18.4 Å². The molecule has 0 aromatic heterocycles. The molecule has 3 rings (SSSR count). The number of carbonyl (C=O) groups is 2. The SMILES string of the molecule is COc1ccc(/C=C2\SC(=S)N(CCCC(=O)Nc3ccccc3O)C2=O)cc1. The van der Waals surface area contributed by atoms with Crippen molar-refractivity contribution in [1.82, 2.24) is 4.90 Å². The fourth-order valence-electron chi connectivity index (χ4n) is 2.73. The zero-order valence-corrected chi connectivity index (χ0v) is 17.4. The molecule has 0 unspecified atom stereocenters. The van der Waals surface area contributed by atoms with Crippen LogP contribution in [-0.4, -0.2) is 39.8 Å². The van der Waals surface area contributed by atoms with Crippen molar-refractivity contribution in [1.29, 1.82) is 0 Å². The number of hydrogen-bond donors (Lipinski definition) is 2. The average molecular weight is 429 g/mol. The van der Waals surface area contributed by atoms with Gasteiger partial charge < -0.3 is 15.2 Å². The summed E-state index contributed by atoms with van der Waals surface area (Å²) in [6.45, 7) is 0.360. The lowest BCUT2D eigenvalue weighted by Crippen LogP contribution is -2.29. The average Bonchev–Trinajstić information content (AvgIpc) is 2.97. The number of nitrogens with one attached hydrogen (secondary N) is 1. The molecule has 1 aliphatic heterocycles. The van der Waals surface area contributed by atoms with E-state index in [1.165, 1.54) is 22.7 Å². The van der Waals surface area contributed by atoms with Gasteiger partial charge in [0.1, 0.15) is 15.8 Å². The molecule has 1 saturated heterocycles. The number of amides is 2. The minimum absolute atomic E-state index is 0.0152. The number of phenols is 1. The maximum absolute atomic E-state index is 12.6. The van der Waals surface area contributed by atoms with E-state index < -0.39 is 0 Å². The highest BCUT2D eigenvalue weighted by Gasteiger charge is 2.31. The Morgan fingerprint density at radius 1 is 1.24 bits per heavy atom. The zero-order chi connectivity index (χ0) is 20.8. The van der Waals surface area contributed by atoms with Gasteiger partial charge in [0.2, 0.25) is 5.91 Å². The number of methoxy groups -OCH3 is 1. The van der Waals surface area contributed by atoms with E-state index in [0.29, 0.717) is 27.9 Å². The van der Waals surface area contributed by atoms with Crippen LogP contribution >= 0.6 is 24.0 Å². The van der Waals surface area contributed by atoms with Gasteiger partial charge in [-0.3, -0.25) is 14.5 Å². The summed E-state index contributed by atoms with van der Waals surface area (Å²) in [4.78, 5) is 26.8. The van der Waals surface area contributed by atoms with Crippen molar-refractivity contribution in [2.24, 2.45) is 0 Å². The van der Waals surface area contributed by atoms with Crippen molar-refractivity contribution in [3.63, 3.8) is 0 Å². The number of phenolic OH excluding ortho intramolecular Hbond substituents is 1. The normalized spacial score (nSPS) is 15.1. The smallest absolute Gasteiger partial charge is 0.266 e. The predicted octanol–water partition coefficient (Wildman–Crippen LogP) is 4.02. The lowest BCUT2D eigenvalue weighted by molar-refractivity contribution is -0.122. The molecule has 8 heteroatoms. The van der Waals surface area contributed by atoms with E-state index in [4.69, 9.17) is 17.0 Å². The number of rotatable bonds is 7. The Kier molecular flexibility index (Phi) is 6.90. The monoisotopic (exact) mass is 428 g/mol. The standard InChI is InChI=1S/C21H20N2O4S2/c1-27-15-10-8-14(9-11-15)13-18-20(26)23(21(28)29-18)12-4-7-19(25)22-16-5-2-3-6-17(16)24/h2-3,5-6,8-11,13,24H,4,7,12H2,1H3,(H,22,25)/b18-13-. The van der Waals surface area contributed by atoms with Gasteiger partial charge in [-0.2, -0.15) is 0 Å². The van der Waals surface area contributed by atoms with Crippen molar-refractivity contribution in [2.75, 3.05) is 19.0 Å². The topological polar surface area (TPSA) is 78.9 Å². The second-order valence-electron chi connectivity index (χ2n) is 6.28. The molecule has 2 aromatic carbocycles. The molecule has 0 radical (unpaired) electrons. The number of ether oxygens (including phenoxy) is 1. The van der Waals surface area contributed by atoms with Gasteiger partial charge in [0.05, 0.1) is 17.7 Å². The molecule has 29 heavy (non-hydrogen) atoms. The third-order valence-corrected chi connectivity index (χ3v) is 5.63. The van der Waals surface area contributed by atoms with E-state index in [0.717, 1.165) is 11.3 Å². The van der Waals surface area contributed by atoms with Crippen LogP contribution < -0.4 is 10.1 Å². The van der Waals surface area contributed by atoms with Crippen LogP contribution in [0.5, 0.6) is 11.5 Å². The summed E-state index contributed by atoms with van der Waals surface area (Å²) in [5.74, 6) is 0.376. The minimum Gasteiger partial charge on any atom is -0.506 e. The van der Waals surface area contributed by atoms with Gasteiger partial charge in [-0.15, -0.1) is 0 Å². The van der Waals surface area contributed by atoms with Crippen LogP contribution in [0.2, 0.25) is 0 Å². The molecule has 0 atom stereocenters. The van der Waals surface area contributed by atoms with Crippen molar-refractivity contribution in [3.8, 4) is 11.5 Å². The van der Waals surface area contributed by atoms with Gasteiger partial charge in [-0.25, -0.2) is 0 Å². The van der Waals surface area contributed by atoms with Crippen LogP contribution in [-0.2, 0) is 9.59 Å². The Balaban J connectivity index is 1.54. The number of thioether (sulfide) groups is 1. The molecule has 0 saturated carbocycles. The molecule has 1 fully saturated rings. The van der Waals surface area contributed by atoms with E-state index in [1.807, 2.05) is 24.3 Å². The summed E-state index contributed by atoms with van der Waals surface area (Å²) < 4.78 is 5.62. The Labute approximate surface area is 178 Å². The van der Waals surface area contributed by atoms with Gasteiger partial charge in [0.15, 0.2) is 0 Å². The third-order valence-electron chi connectivity index (χ3n) is 4.25. The number of nitrogens with zero attached hydrogens (tertiary/aromatic N) is 1. The minimum atomic E-state index is -0.231. The molecule has 1 aliphatic rings. The lowest BCUT2D eigenvalue weighted by Gasteiger charge is -2.14. The fraction of sp³-hybridized carbons (Fsp3) is 0.190. The Bertz CT molecular complexity index is 957.